The zero-order valence-corrected chi connectivity index (χ0v) is 10.5. The third-order valence-electron chi connectivity index (χ3n) is 1.72. The van der Waals surface area contributed by atoms with Gasteiger partial charge in [-0.25, -0.2) is 4.79 Å². The Morgan fingerprint density at radius 3 is 2.18 bits per heavy atom. The molecule has 17 heavy (non-hydrogen) atoms. The highest BCUT2D eigenvalue weighted by Gasteiger charge is 2.49. The van der Waals surface area contributed by atoms with Crippen molar-refractivity contribution in [2.75, 3.05) is 0 Å². The van der Waals surface area contributed by atoms with Crippen molar-refractivity contribution < 1.29 is 31.6 Å². The second-order valence-corrected chi connectivity index (χ2v) is 6.19. The van der Waals surface area contributed by atoms with Crippen LogP contribution in [0.3, 0.4) is 0 Å². The van der Waals surface area contributed by atoms with Gasteiger partial charge in [0.25, 0.3) is 5.97 Å². The first-order valence-electron chi connectivity index (χ1n) is 4.80. The largest absolute Gasteiger partial charge is 0.491 e. The van der Waals surface area contributed by atoms with E-state index in [1.54, 1.807) is 6.92 Å². The van der Waals surface area contributed by atoms with Crippen molar-refractivity contribution in [1.82, 2.24) is 0 Å². The molecule has 0 saturated carbocycles. The lowest BCUT2D eigenvalue weighted by Crippen LogP contribution is -2.46. The van der Waals surface area contributed by atoms with E-state index in [9.17, 15) is 22.8 Å². The molecule has 0 rings (SSSR count). The average Bonchev–Trinajstić information content (AvgIpc) is 2.15. The van der Waals surface area contributed by atoms with Crippen molar-refractivity contribution in [2.24, 2.45) is 0 Å². The molecule has 0 heterocycles. The first-order chi connectivity index (χ1) is 7.67. The molecular weight excluding hydrogens is 257 g/mol. The first kappa shape index (κ1) is 15.7. The van der Waals surface area contributed by atoms with Crippen LogP contribution in [0.5, 0.6) is 0 Å². The molecule has 0 amide bonds. The van der Waals surface area contributed by atoms with Gasteiger partial charge in [-0.1, -0.05) is 13.3 Å². The Morgan fingerprint density at radius 2 is 1.88 bits per heavy atom. The molecule has 0 spiro atoms. The Hall–Kier alpha value is -1.31. The fourth-order valence-electron chi connectivity index (χ4n) is 1.11. The van der Waals surface area contributed by atoms with Crippen LogP contribution in [-0.2, 0) is 18.4 Å². The summed E-state index contributed by atoms with van der Waals surface area (Å²) in [5.74, 6) is -3.17. The van der Waals surface area contributed by atoms with Crippen molar-refractivity contribution in [3.63, 3.8) is 0 Å². The summed E-state index contributed by atoms with van der Waals surface area (Å²) in [7, 11) is -3.66. The topological polar surface area (TPSA) is 52.6 Å². The molecule has 1 unspecified atom stereocenters. The van der Waals surface area contributed by atoms with Crippen molar-refractivity contribution in [3.8, 4) is 0 Å². The van der Waals surface area contributed by atoms with Crippen LogP contribution >= 0.6 is 0 Å². The molecule has 1 atom stereocenters. The molecule has 0 saturated heterocycles. The van der Waals surface area contributed by atoms with E-state index in [0.29, 0.717) is 6.42 Å². The number of hydrogen-bond acceptors (Lipinski definition) is 4. The standard InChI is InChI=1S/C9H13F3O4Si/c1-4-6-17(5-2,15-7(3)13)16-8(14)9(10,11)12/h5H,2,4,6H2,1,3H3. The summed E-state index contributed by atoms with van der Waals surface area (Å²) in [5, 5.41) is 0. The highest BCUT2D eigenvalue weighted by atomic mass is 28.4. The van der Waals surface area contributed by atoms with Crippen LogP contribution in [0.15, 0.2) is 12.3 Å². The third kappa shape index (κ3) is 5.03. The molecule has 0 aliphatic heterocycles. The van der Waals surface area contributed by atoms with Crippen LogP contribution < -0.4 is 0 Å². The van der Waals surface area contributed by atoms with E-state index >= 15 is 0 Å². The summed E-state index contributed by atoms with van der Waals surface area (Å²) in [6, 6.07) is 0.0396. The number of alkyl halides is 3. The predicted molar refractivity (Wildman–Crippen MR) is 55.0 cm³/mol. The summed E-state index contributed by atoms with van der Waals surface area (Å²) in [5.41, 5.74) is 1.00. The van der Waals surface area contributed by atoms with E-state index in [4.69, 9.17) is 4.43 Å². The van der Waals surface area contributed by atoms with Gasteiger partial charge >= 0.3 is 20.7 Å². The Kier molecular flexibility index (Phi) is 5.40. The summed E-state index contributed by atoms with van der Waals surface area (Å²) < 4.78 is 45.2. The Morgan fingerprint density at radius 1 is 1.35 bits per heavy atom. The molecule has 0 N–H and O–H groups in total. The van der Waals surface area contributed by atoms with E-state index < -0.39 is 26.7 Å². The number of carbonyl (C=O) groups excluding carboxylic acids is 2. The summed E-state index contributed by atoms with van der Waals surface area (Å²) in [6.07, 6.45) is -4.72. The molecule has 0 aromatic carbocycles. The maximum atomic E-state index is 12.1. The van der Waals surface area contributed by atoms with Gasteiger partial charge < -0.3 is 8.85 Å². The average molecular weight is 270 g/mol. The van der Waals surface area contributed by atoms with Crippen molar-refractivity contribution in [2.45, 2.75) is 32.5 Å². The smallest absolute Gasteiger partial charge is 0.482 e. The third-order valence-corrected chi connectivity index (χ3v) is 4.71. The monoisotopic (exact) mass is 270 g/mol. The van der Waals surface area contributed by atoms with Crippen LogP contribution in [0.1, 0.15) is 20.3 Å². The molecule has 0 aromatic heterocycles. The van der Waals surface area contributed by atoms with Crippen molar-refractivity contribution in [3.05, 3.63) is 12.3 Å². The fraction of sp³-hybridized carbons (Fsp3) is 0.556. The lowest BCUT2D eigenvalue weighted by Gasteiger charge is -2.25. The van der Waals surface area contributed by atoms with Gasteiger partial charge in [0.2, 0.25) is 0 Å². The van der Waals surface area contributed by atoms with Gasteiger partial charge in [-0.05, 0) is 5.70 Å². The quantitative estimate of drug-likeness (QED) is 0.719. The molecule has 8 heteroatoms. The van der Waals surface area contributed by atoms with Crippen LogP contribution in [0.2, 0.25) is 6.04 Å². The minimum atomic E-state index is -5.12. The zero-order valence-electron chi connectivity index (χ0n) is 9.47. The zero-order chi connectivity index (χ0) is 13.7. The molecular formula is C9H13F3O4Si. The molecule has 0 fully saturated rings. The Labute approximate surface area is 97.6 Å². The number of halogens is 3. The van der Waals surface area contributed by atoms with Gasteiger partial charge in [0.15, 0.2) is 0 Å². The fourth-order valence-corrected chi connectivity index (χ4v) is 3.34. The molecule has 98 valence electrons. The van der Waals surface area contributed by atoms with Crippen molar-refractivity contribution in [1.29, 1.82) is 0 Å². The molecule has 0 aromatic rings. The van der Waals surface area contributed by atoms with Crippen molar-refractivity contribution >= 4 is 20.5 Å². The van der Waals surface area contributed by atoms with E-state index in [2.05, 4.69) is 11.0 Å². The number of rotatable bonds is 5. The summed E-state index contributed by atoms with van der Waals surface area (Å²) in [6.45, 7) is 5.97. The summed E-state index contributed by atoms with van der Waals surface area (Å²) in [4.78, 5) is 21.6. The van der Waals surface area contributed by atoms with Crippen LogP contribution in [0, 0.1) is 0 Å². The molecule has 0 radical (unpaired) electrons. The Balaban J connectivity index is 4.98. The van der Waals surface area contributed by atoms with E-state index in [1.165, 1.54) is 0 Å². The minimum Gasteiger partial charge on any atom is -0.482 e. The van der Waals surface area contributed by atoms with Crippen LogP contribution in [0.4, 0.5) is 13.2 Å². The van der Waals surface area contributed by atoms with Gasteiger partial charge in [0.05, 0.1) is 0 Å². The molecule has 4 nitrogen and oxygen atoms in total. The van der Waals surface area contributed by atoms with Gasteiger partial charge in [-0.2, -0.15) is 13.2 Å². The van der Waals surface area contributed by atoms with Gasteiger partial charge in [-0.15, -0.1) is 6.58 Å². The van der Waals surface area contributed by atoms with Gasteiger partial charge in [-0.3, -0.25) is 4.79 Å². The molecule has 0 bridgehead atoms. The second kappa shape index (κ2) is 5.85. The predicted octanol–water partition coefficient (Wildman–Crippen LogP) is 2.23. The molecule has 0 aliphatic carbocycles. The van der Waals surface area contributed by atoms with E-state index in [0.717, 1.165) is 12.6 Å². The lowest BCUT2D eigenvalue weighted by atomic mass is 10.6. The van der Waals surface area contributed by atoms with Crippen LogP contribution in [-0.4, -0.2) is 26.7 Å². The Bertz CT molecular complexity index is 316. The highest BCUT2D eigenvalue weighted by molar-refractivity contribution is 6.75. The van der Waals surface area contributed by atoms with E-state index in [-0.39, 0.29) is 6.04 Å². The molecule has 0 aliphatic rings. The summed E-state index contributed by atoms with van der Waals surface area (Å²) >= 11 is 0. The van der Waals surface area contributed by atoms with Gasteiger partial charge in [0.1, 0.15) is 0 Å². The van der Waals surface area contributed by atoms with Gasteiger partial charge in [0, 0.05) is 13.0 Å². The maximum absolute atomic E-state index is 12.1. The lowest BCUT2D eigenvalue weighted by molar-refractivity contribution is -0.192. The highest BCUT2D eigenvalue weighted by Crippen LogP contribution is 2.24. The number of carbonyl (C=O) groups is 2. The van der Waals surface area contributed by atoms with E-state index in [1.807, 2.05) is 0 Å². The number of hydrogen-bond donors (Lipinski definition) is 0. The first-order valence-corrected chi connectivity index (χ1v) is 6.90. The minimum absolute atomic E-state index is 0.0396. The normalized spacial score (nSPS) is 14.6. The second-order valence-electron chi connectivity index (χ2n) is 3.25. The van der Waals surface area contributed by atoms with Crippen LogP contribution in [0.25, 0.3) is 0 Å². The maximum Gasteiger partial charge on any atom is 0.491 e. The SMILES string of the molecule is C=C[Si](CCC)(OC(C)=O)OC(=O)C(F)(F)F.